The predicted molar refractivity (Wildman–Crippen MR) is 125 cm³/mol. The summed E-state index contributed by atoms with van der Waals surface area (Å²) in [5, 5.41) is 0. The lowest BCUT2D eigenvalue weighted by Crippen LogP contribution is -2.67. The second kappa shape index (κ2) is 8.99. The number of piperazine rings is 1. The normalized spacial score (nSPS) is 24.6. The zero-order valence-electron chi connectivity index (χ0n) is 17.1. The highest BCUT2D eigenvalue weighted by atomic mass is 79.9. The quantitative estimate of drug-likeness (QED) is 0.628. The molecule has 2 saturated heterocycles. The number of ether oxygens (including phenoxy) is 1. The van der Waals surface area contributed by atoms with E-state index in [1.54, 1.807) is 7.11 Å². The van der Waals surface area contributed by atoms with Gasteiger partial charge in [-0.05, 0) is 74.4 Å². The molecule has 0 saturated carbocycles. The summed E-state index contributed by atoms with van der Waals surface area (Å²) in [7, 11) is 1.64. The Morgan fingerprint density at radius 1 is 1.13 bits per heavy atom. The Morgan fingerprint density at radius 3 is 2.50 bits per heavy atom. The van der Waals surface area contributed by atoms with Crippen molar-refractivity contribution >= 4 is 37.8 Å². The third-order valence-electron chi connectivity index (χ3n) is 6.21. The van der Waals surface area contributed by atoms with Gasteiger partial charge in [0.2, 0.25) is 5.91 Å². The molecule has 2 aliphatic rings. The van der Waals surface area contributed by atoms with Crippen LogP contribution in [0.3, 0.4) is 0 Å². The zero-order chi connectivity index (χ0) is 21.3. The Balaban J connectivity index is 1.44. The smallest absolute Gasteiger partial charge is 0.243 e. The van der Waals surface area contributed by atoms with Crippen LogP contribution in [0.1, 0.15) is 24.0 Å². The average molecular weight is 537 g/mol. The van der Waals surface area contributed by atoms with E-state index in [1.165, 1.54) is 5.56 Å². The Bertz CT molecular complexity index is 901. The van der Waals surface area contributed by atoms with Gasteiger partial charge in [0.25, 0.3) is 0 Å². The van der Waals surface area contributed by atoms with E-state index >= 15 is 0 Å². The molecule has 2 aromatic rings. The van der Waals surface area contributed by atoms with Crippen molar-refractivity contribution in [3.63, 3.8) is 0 Å². The molecule has 0 spiro atoms. The maximum Gasteiger partial charge on any atom is 0.243 e. The molecule has 2 heterocycles. The summed E-state index contributed by atoms with van der Waals surface area (Å²) in [6.07, 6.45) is 2.16. The topological polar surface area (TPSA) is 58.8 Å². The van der Waals surface area contributed by atoms with Crippen LogP contribution in [0.25, 0.3) is 0 Å². The van der Waals surface area contributed by atoms with Crippen LogP contribution in [-0.2, 0) is 17.8 Å². The first-order valence-corrected chi connectivity index (χ1v) is 11.9. The van der Waals surface area contributed by atoms with Crippen LogP contribution in [0.5, 0.6) is 5.75 Å². The number of carbonyl (C=O) groups excluding carboxylic acids is 1. The second-order valence-electron chi connectivity index (χ2n) is 8.34. The van der Waals surface area contributed by atoms with Crippen molar-refractivity contribution in [1.29, 1.82) is 0 Å². The van der Waals surface area contributed by atoms with Crippen molar-refractivity contribution in [2.75, 3.05) is 26.7 Å². The van der Waals surface area contributed by atoms with Crippen molar-refractivity contribution in [2.24, 2.45) is 5.73 Å². The van der Waals surface area contributed by atoms with Gasteiger partial charge in [-0.25, -0.2) is 0 Å². The van der Waals surface area contributed by atoms with Crippen molar-refractivity contribution in [2.45, 2.75) is 37.4 Å². The fourth-order valence-electron chi connectivity index (χ4n) is 4.67. The van der Waals surface area contributed by atoms with E-state index in [0.29, 0.717) is 12.8 Å². The third-order valence-corrected chi connectivity index (χ3v) is 7.39. The fourth-order valence-corrected chi connectivity index (χ4v) is 6.28. The molecule has 0 aromatic heterocycles. The lowest BCUT2D eigenvalue weighted by atomic mass is 9.80. The van der Waals surface area contributed by atoms with Gasteiger partial charge in [0.15, 0.2) is 0 Å². The van der Waals surface area contributed by atoms with E-state index in [1.807, 2.05) is 23.1 Å². The number of amides is 1. The van der Waals surface area contributed by atoms with Gasteiger partial charge in [0, 0.05) is 32.2 Å². The van der Waals surface area contributed by atoms with Gasteiger partial charge in [-0.15, -0.1) is 0 Å². The summed E-state index contributed by atoms with van der Waals surface area (Å²) in [6.45, 7) is 3.47. The number of carbonyl (C=O) groups is 1. The minimum absolute atomic E-state index is 0.0844. The molecule has 1 amide bonds. The first-order chi connectivity index (χ1) is 14.4. The maximum absolute atomic E-state index is 13.4. The van der Waals surface area contributed by atoms with E-state index in [9.17, 15) is 4.79 Å². The number of hydrogen-bond donors (Lipinski definition) is 1. The number of hydrogen-bond acceptors (Lipinski definition) is 4. The lowest BCUT2D eigenvalue weighted by Gasteiger charge is -2.49. The molecule has 2 aliphatic heterocycles. The Morgan fingerprint density at radius 2 is 1.83 bits per heavy atom. The molecule has 2 fully saturated rings. The van der Waals surface area contributed by atoms with Crippen molar-refractivity contribution < 1.29 is 9.53 Å². The summed E-state index contributed by atoms with van der Waals surface area (Å²) in [4.78, 5) is 17.9. The lowest BCUT2D eigenvalue weighted by molar-refractivity contribution is -0.147. The molecule has 0 aliphatic carbocycles. The van der Waals surface area contributed by atoms with Crippen LogP contribution in [0.4, 0.5) is 0 Å². The van der Waals surface area contributed by atoms with Crippen LogP contribution >= 0.6 is 31.9 Å². The number of rotatable bonds is 5. The minimum Gasteiger partial charge on any atom is -0.494 e. The maximum atomic E-state index is 13.4. The molecule has 160 valence electrons. The molecule has 0 radical (unpaired) electrons. The van der Waals surface area contributed by atoms with Crippen molar-refractivity contribution in [1.82, 2.24) is 9.80 Å². The molecule has 30 heavy (non-hydrogen) atoms. The number of nitrogens with two attached hydrogens (primary N) is 1. The van der Waals surface area contributed by atoms with Crippen LogP contribution in [0.15, 0.2) is 51.4 Å². The number of benzene rings is 2. The van der Waals surface area contributed by atoms with Crippen LogP contribution in [0, 0.1) is 0 Å². The summed E-state index contributed by atoms with van der Waals surface area (Å²) in [5.74, 6) is 0.829. The second-order valence-corrected chi connectivity index (χ2v) is 10.0. The van der Waals surface area contributed by atoms with E-state index in [4.69, 9.17) is 10.5 Å². The highest BCUT2D eigenvalue weighted by Gasteiger charge is 2.46. The molecule has 5 nitrogen and oxygen atoms in total. The van der Waals surface area contributed by atoms with Crippen molar-refractivity contribution in [3.8, 4) is 5.75 Å². The molecular formula is C23H27Br2N3O2. The standard InChI is InChI=1S/C23H27Br2N3O2/c1-30-21-19(24)11-17(12-20(21)25)13-23(26)8-7-18-15-27(9-10-28(18)22(23)29)14-16-5-3-2-4-6-16/h2-6,11-12,18H,7-10,13-15,26H2,1H3/t18-,23-/m0/s1. The zero-order valence-corrected chi connectivity index (χ0v) is 20.3. The van der Waals surface area contributed by atoms with Crippen molar-refractivity contribution in [3.05, 3.63) is 62.5 Å². The molecule has 7 heteroatoms. The number of methoxy groups -OCH3 is 1. The van der Waals surface area contributed by atoms with E-state index in [-0.39, 0.29) is 11.9 Å². The van der Waals surface area contributed by atoms with E-state index in [2.05, 4.69) is 61.0 Å². The molecule has 2 aromatic carbocycles. The minimum atomic E-state index is -0.856. The highest BCUT2D eigenvalue weighted by molar-refractivity contribution is 9.11. The predicted octanol–water partition coefficient (Wildman–Crippen LogP) is 3.97. The number of fused-ring (bicyclic) bond motifs is 1. The van der Waals surface area contributed by atoms with Gasteiger partial charge in [-0.1, -0.05) is 30.3 Å². The molecule has 2 atom stereocenters. The molecule has 0 bridgehead atoms. The highest BCUT2D eigenvalue weighted by Crippen LogP contribution is 2.37. The molecule has 0 unspecified atom stereocenters. The first kappa shape index (κ1) is 21.8. The monoisotopic (exact) mass is 535 g/mol. The number of nitrogens with zero attached hydrogens (tertiary/aromatic N) is 2. The summed E-state index contributed by atoms with van der Waals surface area (Å²) in [5.41, 5.74) is 8.18. The molecular weight excluding hydrogens is 510 g/mol. The van der Waals surface area contributed by atoms with E-state index < -0.39 is 5.54 Å². The van der Waals surface area contributed by atoms with Gasteiger partial charge < -0.3 is 15.4 Å². The van der Waals surface area contributed by atoms with Gasteiger partial charge in [0.1, 0.15) is 5.75 Å². The SMILES string of the molecule is COc1c(Br)cc(C[C@@]2(N)CC[C@H]3CN(Cc4ccccc4)CCN3C2=O)cc1Br. The molecule has 4 rings (SSSR count). The van der Waals surface area contributed by atoms with Gasteiger partial charge >= 0.3 is 0 Å². The Labute approximate surface area is 194 Å². The average Bonchev–Trinajstić information content (AvgIpc) is 2.72. The van der Waals surface area contributed by atoms with Gasteiger partial charge in [-0.3, -0.25) is 9.69 Å². The Kier molecular flexibility index (Phi) is 6.53. The van der Waals surface area contributed by atoms with Crippen LogP contribution in [-0.4, -0.2) is 54.0 Å². The number of piperidine rings is 1. The molecule has 2 N–H and O–H groups in total. The van der Waals surface area contributed by atoms with Gasteiger partial charge in [0.05, 0.1) is 21.6 Å². The Hall–Kier alpha value is -1.41. The van der Waals surface area contributed by atoms with Crippen LogP contribution in [0.2, 0.25) is 0 Å². The third kappa shape index (κ3) is 4.44. The van der Waals surface area contributed by atoms with Crippen LogP contribution < -0.4 is 10.5 Å². The van der Waals surface area contributed by atoms with E-state index in [0.717, 1.165) is 52.9 Å². The fraction of sp³-hybridized carbons (Fsp3) is 0.435. The number of halogens is 2. The summed E-state index contributed by atoms with van der Waals surface area (Å²) < 4.78 is 7.10. The first-order valence-electron chi connectivity index (χ1n) is 10.3. The largest absolute Gasteiger partial charge is 0.494 e. The van der Waals surface area contributed by atoms with Gasteiger partial charge in [-0.2, -0.15) is 0 Å². The summed E-state index contributed by atoms with van der Waals surface area (Å²) >= 11 is 7.10. The summed E-state index contributed by atoms with van der Waals surface area (Å²) in [6, 6.07) is 14.8.